The zero-order valence-corrected chi connectivity index (χ0v) is 13.8. The number of imidazole rings is 1. The van der Waals surface area contributed by atoms with Gasteiger partial charge in [0.1, 0.15) is 0 Å². The fourth-order valence-corrected chi connectivity index (χ4v) is 3.12. The molecule has 130 valence electrons. The van der Waals surface area contributed by atoms with Crippen LogP contribution in [0, 0.1) is 0 Å². The van der Waals surface area contributed by atoms with E-state index in [1.54, 1.807) is 12.1 Å². The molecule has 0 aliphatic carbocycles. The number of hydrogen-bond donors (Lipinski definition) is 3. The van der Waals surface area contributed by atoms with E-state index in [2.05, 4.69) is 15.7 Å². The molecule has 0 saturated heterocycles. The normalized spacial score (nSPS) is 15.8. The number of nitrogens with two attached hydrogens (primary N) is 1. The number of anilines is 2. The van der Waals surface area contributed by atoms with Gasteiger partial charge in [-0.3, -0.25) is 15.0 Å². The molecule has 1 atom stereocenters. The van der Waals surface area contributed by atoms with Crippen LogP contribution in [-0.2, 0) is 9.59 Å². The van der Waals surface area contributed by atoms with Gasteiger partial charge < -0.3 is 11.1 Å². The molecular weight excluding hydrogens is 330 g/mol. The third-order valence-corrected chi connectivity index (χ3v) is 4.30. The summed E-state index contributed by atoms with van der Waals surface area (Å²) < 4.78 is 1.41. The number of para-hydroxylation sites is 1. The van der Waals surface area contributed by atoms with E-state index in [4.69, 9.17) is 5.73 Å². The van der Waals surface area contributed by atoms with Gasteiger partial charge in [0.2, 0.25) is 17.8 Å². The SMILES string of the molecule is Nc1nc(-c2ccccc2)c2n1NC(=O)CC2C(=O)Nc1ccccc1. The lowest BCUT2D eigenvalue weighted by Crippen LogP contribution is -2.37. The van der Waals surface area contributed by atoms with E-state index in [1.807, 2.05) is 48.5 Å². The number of carbonyl (C=O) groups excluding carboxylic acids is 2. The lowest BCUT2D eigenvalue weighted by atomic mass is 9.94. The topological polar surface area (TPSA) is 102 Å². The first kappa shape index (κ1) is 15.9. The van der Waals surface area contributed by atoms with E-state index in [0.29, 0.717) is 17.1 Å². The van der Waals surface area contributed by atoms with Crippen LogP contribution in [0.4, 0.5) is 11.6 Å². The Bertz CT molecular complexity index is 966. The van der Waals surface area contributed by atoms with Crippen molar-refractivity contribution in [2.45, 2.75) is 12.3 Å². The van der Waals surface area contributed by atoms with Gasteiger partial charge in [0.15, 0.2) is 0 Å². The number of fused-ring (bicyclic) bond motifs is 1. The summed E-state index contributed by atoms with van der Waals surface area (Å²) in [6, 6.07) is 18.6. The molecule has 2 heterocycles. The molecule has 0 radical (unpaired) electrons. The van der Waals surface area contributed by atoms with Gasteiger partial charge in [0, 0.05) is 17.7 Å². The molecule has 0 spiro atoms. The third-order valence-electron chi connectivity index (χ3n) is 4.30. The van der Waals surface area contributed by atoms with Gasteiger partial charge in [-0.2, -0.15) is 0 Å². The van der Waals surface area contributed by atoms with Crippen LogP contribution in [0.3, 0.4) is 0 Å². The summed E-state index contributed by atoms with van der Waals surface area (Å²) in [4.78, 5) is 29.4. The van der Waals surface area contributed by atoms with Gasteiger partial charge in [-0.25, -0.2) is 9.66 Å². The molecule has 26 heavy (non-hydrogen) atoms. The molecule has 7 nitrogen and oxygen atoms in total. The monoisotopic (exact) mass is 347 g/mol. The second kappa shape index (κ2) is 6.36. The molecule has 0 bridgehead atoms. The van der Waals surface area contributed by atoms with Crippen molar-refractivity contribution in [2.75, 3.05) is 16.5 Å². The molecule has 1 aliphatic rings. The average Bonchev–Trinajstić information content (AvgIpc) is 2.99. The first-order valence-corrected chi connectivity index (χ1v) is 8.23. The Hall–Kier alpha value is -3.61. The highest BCUT2D eigenvalue weighted by Crippen LogP contribution is 2.35. The van der Waals surface area contributed by atoms with Gasteiger partial charge in [0.05, 0.1) is 17.3 Å². The Morgan fingerprint density at radius 2 is 1.77 bits per heavy atom. The molecule has 1 unspecified atom stereocenters. The van der Waals surface area contributed by atoms with Crippen LogP contribution in [0.2, 0.25) is 0 Å². The van der Waals surface area contributed by atoms with Gasteiger partial charge in [0.25, 0.3) is 0 Å². The van der Waals surface area contributed by atoms with Crippen LogP contribution < -0.4 is 16.5 Å². The molecule has 0 saturated carbocycles. The molecule has 3 aromatic rings. The molecule has 7 heteroatoms. The van der Waals surface area contributed by atoms with Gasteiger partial charge in [-0.05, 0) is 12.1 Å². The molecule has 4 rings (SSSR count). The van der Waals surface area contributed by atoms with E-state index in [1.165, 1.54) is 4.68 Å². The Balaban J connectivity index is 1.77. The van der Waals surface area contributed by atoms with Gasteiger partial charge in [-0.1, -0.05) is 48.5 Å². The van der Waals surface area contributed by atoms with Gasteiger partial charge >= 0.3 is 0 Å². The van der Waals surface area contributed by atoms with Crippen LogP contribution in [0.5, 0.6) is 0 Å². The number of nitrogens with one attached hydrogen (secondary N) is 2. The Kier molecular flexibility index (Phi) is 3.89. The quantitative estimate of drug-likeness (QED) is 0.677. The Labute approximate surface area is 149 Å². The van der Waals surface area contributed by atoms with Crippen LogP contribution in [0.1, 0.15) is 18.0 Å². The predicted molar refractivity (Wildman–Crippen MR) is 98.9 cm³/mol. The van der Waals surface area contributed by atoms with Crippen molar-refractivity contribution >= 4 is 23.5 Å². The minimum atomic E-state index is -0.691. The van der Waals surface area contributed by atoms with Crippen LogP contribution in [0.15, 0.2) is 60.7 Å². The summed E-state index contributed by atoms with van der Waals surface area (Å²) in [5.41, 5.74) is 11.3. The molecule has 0 fully saturated rings. The van der Waals surface area contributed by atoms with Crippen molar-refractivity contribution in [3.63, 3.8) is 0 Å². The Morgan fingerprint density at radius 3 is 2.46 bits per heavy atom. The zero-order valence-electron chi connectivity index (χ0n) is 13.8. The maximum absolute atomic E-state index is 12.9. The number of nitrogens with zero attached hydrogens (tertiary/aromatic N) is 2. The maximum Gasteiger partial charge on any atom is 0.240 e. The molecular formula is C19H17N5O2. The summed E-state index contributed by atoms with van der Waals surface area (Å²) in [7, 11) is 0. The number of aromatic nitrogens is 2. The first-order chi connectivity index (χ1) is 12.6. The molecule has 1 aliphatic heterocycles. The van der Waals surface area contributed by atoms with Crippen molar-refractivity contribution in [3.05, 3.63) is 66.4 Å². The number of amides is 2. The lowest BCUT2D eigenvalue weighted by molar-refractivity contribution is -0.124. The van der Waals surface area contributed by atoms with Crippen molar-refractivity contribution < 1.29 is 9.59 Å². The van der Waals surface area contributed by atoms with E-state index in [0.717, 1.165) is 5.56 Å². The molecule has 2 aromatic carbocycles. The highest BCUT2D eigenvalue weighted by Gasteiger charge is 2.36. The largest absolute Gasteiger partial charge is 0.368 e. The van der Waals surface area contributed by atoms with Crippen molar-refractivity contribution in [1.82, 2.24) is 9.66 Å². The number of nitrogen functional groups attached to an aromatic ring is 1. The van der Waals surface area contributed by atoms with Crippen molar-refractivity contribution in [2.24, 2.45) is 0 Å². The summed E-state index contributed by atoms with van der Waals surface area (Å²) >= 11 is 0. The first-order valence-electron chi connectivity index (χ1n) is 8.23. The summed E-state index contributed by atoms with van der Waals surface area (Å²) in [5.74, 6) is -1.10. The number of rotatable bonds is 3. The summed E-state index contributed by atoms with van der Waals surface area (Å²) in [5, 5.41) is 2.86. The number of hydrogen-bond acceptors (Lipinski definition) is 4. The van der Waals surface area contributed by atoms with E-state index in [9.17, 15) is 9.59 Å². The zero-order chi connectivity index (χ0) is 18.1. The second-order valence-electron chi connectivity index (χ2n) is 6.05. The van der Waals surface area contributed by atoms with E-state index < -0.39 is 5.92 Å². The fourth-order valence-electron chi connectivity index (χ4n) is 3.12. The minimum Gasteiger partial charge on any atom is -0.368 e. The van der Waals surface area contributed by atoms with Crippen molar-refractivity contribution in [3.8, 4) is 11.3 Å². The van der Waals surface area contributed by atoms with Gasteiger partial charge in [-0.15, -0.1) is 0 Å². The molecule has 1 aromatic heterocycles. The summed E-state index contributed by atoms with van der Waals surface area (Å²) in [6.45, 7) is 0. The highest BCUT2D eigenvalue weighted by atomic mass is 16.2. The molecule has 4 N–H and O–H groups in total. The average molecular weight is 347 g/mol. The van der Waals surface area contributed by atoms with Crippen LogP contribution in [-0.4, -0.2) is 21.5 Å². The fraction of sp³-hybridized carbons (Fsp3) is 0.105. The smallest absolute Gasteiger partial charge is 0.240 e. The number of carbonyl (C=O) groups is 2. The van der Waals surface area contributed by atoms with E-state index >= 15 is 0 Å². The molecule has 2 amide bonds. The standard InChI is InChI=1S/C19H17N5O2/c20-19-22-16(12-7-3-1-4-8-12)17-14(11-15(25)23-24(17)19)18(26)21-13-9-5-2-6-10-13/h1-10,14H,11H2,(H2,20,22)(H,21,26)(H,23,25). The maximum atomic E-state index is 12.9. The lowest BCUT2D eigenvalue weighted by Gasteiger charge is -2.25. The van der Waals surface area contributed by atoms with Crippen molar-refractivity contribution in [1.29, 1.82) is 0 Å². The third kappa shape index (κ3) is 2.79. The summed E-state index contributed by atoms with van der Waals surface area (Å²) in [6.07, 6.45) is 0.0314. The van der Waals surface area contributed by atoms with Crippen LogP contribution >= 0.6 is 0 Å². The Morgan fingerprint density at radius 1 is 1.12 bits per heavy atom. The predicted octanol–water partition coefficient (Wildman–Crippen LogP) is 2.33. The van der Waals surface area contributed by atoms with E-state index in [-0.39, 0.29) is 24.2 Å². The number of benzene rings is 2. The minimum absolute atomic E-state index is 0.0314. The second-order valence-corrected chi connectivity index (χ2v) is 6.05. The van der Waals surface area contributed by atoms with Crippen LogP contribution in [0.25, 0.3) is 11.3 Å². The highest BCUT2D eigenvalue weighted by molar-refractivity contribution is 6.02.